The molecule has 0 spiro atoms. The molecule has 1 amide bonds. The van der Waals surface area contributed by atoms with Crippen LogP contribution in [0.1, 0.15) is 40.7 Å². The topological polar surface area (TPSA) is 55.6 Å². The lowest BCUT2D eigenvalue weighted by Crippen LogP contribution is -2.31. The van der Waals surface area contributed by atoms with Gasteiger partial charge in [0.1, 0.15) is 17.3 Å². The molecule has 4 aromatic rings. The van der Waals surface area contributed by atoms with Crippen LogP contribution < -0.4 is 4.74 Å². The number of nitrogens with zero attached hydrogens (tertiary/aromatic N) is 2. The summed E-state index contributed by atoms with van der Waals surface area (Å²) in [5.74, 6) is 1.46. The minimum atomic E-state index is -0.144. The van der Waals surface area contributed by atoms with Crippen molar-refractivity contribution in [1.82, 2.24) is 9.88 Å². The first-order chi connectivity index (χ1) is 15.2. The maximum atomic E-state index is 13.2. The van der Waals surface area contributed by atoms with E-state index >= 15 is 0 Å². The van der Waals surface area contributed by atoms with Crippen molar-refractivity contribution in [2.75, 3.05) is 13.7 Å². The Kier molecular flexibility index (Phi) is 4.94. The Hall–Kier alpha value is -3.60. The van der Waals surface area contributed by atoms with Crippen LogP contribution in [0.4, 0.5) is 0 Å². The molecule has 0 radical (unpaired) electrons. The monoisotopic (exact) mass is 412 g/mol. The van der Waals surface area contributed by atoms with Gasteiger partial charge in [0.15, 0.2) is 5.58 Å². The van der Waals surface area contributed by atoms with Gasteiger partial charge in [0.25, 0.3) is 5.91 Å². The van der Waals surface area contributed by atoms with E-state index in [1.165, 1.54) is 0 Å². The van der Waals surface area contributed by atoms with Crippen LogP contribution in [-0.2, 0) is 0 Å². The van der Waals surface area contributed by atoms with E-state index in [2.05, 4.69) is 0 Å². The van der Waals surface area contributed by atoms with Gasteiger partial charge in [0, 0.05) is 17.7 Å². The standard InChI is InChI=1S/C26H24N2O3/c1-17-8-3-4-9-19(17)26(29)28-15-7-11-22(28)25-27-21-16-18(13-14-24(21)31-25)20-10-5-6-12-23(20)30-2/h3-6,8-10,12-14,16,22H,7,11,15H2,1-2H3. The molecule has 1 fully saturated rings. The number of ether oxygens (including phenoxy) is 1. The first-order valence-corrected chi connectivity index (χ1v) is 10.6. The fourth-order valence-electron chi connectivity index (χ4n) is 4.37. The number of oxazole rings is 1. The van der Waals surface area contributed by atoms with E-state index < -0.39 is 0 Å². The summed E-state index contributed by atoms with van der Waals surface area (Å²) < 4.78 is 11.6. The van der Waals surface area contributed by atoms with Crippen LogP contribution in [0.2, 0.25) is 0 Å². The summed E-state index contributed by atoms with van der Waals surface area (Å²) in [6.07, 6.45) is 1.79. The second-order valence-corrected chi connectivity index (χ2v) is 7.91. The van der Waals surface area contributed by atoms with Crippen molar-refractivity contribution in [3.8, 4) is 16.9 Å². The molecular weight excluding hydrogens is 388 g/mol. The summed E-state index contributed by atoms with van der Waals surface area (Å²) in [6, 6.07) is 21.5. The number of carbonyl (C=O) groups excluding carboxylic acids is 1. The molecule has 5 heteroatoms. The van der Waals surface area contributed by atoms with Gasteiger partial charge < -0.3 is 14.1 Å². The summed E-state index contributed by atoms with van der Waals surface area (Å²) in [6.45, 7) is 2.68. The average molecular weight is 412 g/mol. The van der Waals surface area contributed by atoms with Crippen molar-refractivity contribution in [2.45, 2.75) is 25.8 Å². The van der Waals surface area contributed by atoms with Gasteiger partial charge in [-0.1, -0.05) is 42.5 Å². The zero-order valence-electron chi connectivity index (χ0n) is 17.7. The number of carbonyl (C=O) groups is 1. The minimum absolute atomic E-state index is 0.0394. The number of likely N-dealkylation sites (tertiary alicyclic amines) is 1. The molecule has 5 nitrogen and oxygen atoms in total. The second kappa shape index (κ2) is 7.91. The predicted molar refractivity (Wildman–Crippen MR) is 120 cm³/mol. The van der Waals surface area contributed by atoms with E-state index in [0.717, 1.165) is 51.9 Å². The molecule has 2 heterocycles. The molecule has 5 rings (SSSR count). The lowest BCUT2D eigenvalue weighted by Gasteiger charge is -2.23. The molecule has 1 aliphatic rings. The molecule has 31 heavy (non-hydrogen) atoms. The normalized spacial score (nSPS) is 16.1. The van der Waals surface area contributed by atoms with Crippen LogP contribution in [0.5, 0.6) is 5.75 Å². The summed E-state index contributed by atoms with van der Waals surface area (Å²) in [7, 11) is 1.67. The minimum Gasteiger partial charge on any atom is -0.496 e. The third-order valence-corrected chi connectivity index (χ3v) is 6.00. The van der Waals surface area contributed by atoms with Gasteiger partial charge in [-0.25, -0.2) is 4.98 Å². The van der Waals surface area contributed by atoms with Gasteiger partial charge in [0.05, 0.1) is 7.11 Å². The van der Waals surface area contributed by atoms with E-state index in [0.29, 0.717) is 12.4 Å². The summed E-state index contributed by atoms with van der Waals surface area (Å²) in [5, 5.41) is 0. The van der Waals surface area contributed by atoms with Crippen molar-refractivity contribution in [1.29, 1.82) is 0 Å². The molecule has 0 aliphatic carbocycles. The fourth-order valence-corrected chi connectivity index (χ4v) is 4.37. The van der Waals surface area contributed by atoms with Gasteiger partial charge in [0.2, 0.25) is 5.89 Å². The maximum Gasteiger partial charge on any atom is 0.254 e. The molecule has 1 atom stereocenters. The van der Waals surface area contributed by atoms with Crippen molar-refractivity contribution in [3.63, 3.8) is 0 Å². The highest BCUT2D eigenvalue weighted by Gasteiger charge is 2.34. The number of rotatable bonds is 4. The third kappa shape index (κ3) is 3.46. The molecule has 1 saturated heterocycles. The van der Waals surface area contributed by atoms with Gasteiger partial charge in [-0.15, -0.1) is 0 Å². The third-order valence-electron chi connectivity index (χ3n) is 6.00. The Bertz CT molecular complexity index is 1260. The van der Waals surface area contributed by atoms with Crippen molar-refractivity contribution in [2.24, 2.45) is 0 Å². The number of aryl methyl sites for hydroxylation is 1. The average Bonchev–Trinajstić information content (AvgIpc) is 3.45. The van der Waals surface area contributed by atoms with Crippen molar-refractivity contribution < 1.29 is 13.9 Å². The largest absolute Gasteiger partial charge is 0.496 e. The molecule has 1 aromatic heterocycles. The number of benzene rings is 3. The SMILES string of the molecule is COc1ccccc1-c1ccc2oc(C3CCCN3C(=O)c3ccccc3C)nc2c1. The smallest absolute Gasteiger partial charge is 0.254 e. The summed E-state index contributed by atoms with van der Waals surface area (Å²) in [5.41, 5.74) is 5.26. The van der Waals surface area contributed by atoms with Crippen LogP contribution in [-0.4, -0.2) is 29.4 Å². The molecule has 3 aromatic carbocycles. The Balaban J connectivity index is 1.49. The molecule has 156 valence electrons. The number of methoxy groups -OCH3 is 1. The van der Waals surface area contributed by atoms with Gasteiger partial charge in [-0.2, -0.15) is 0 Å². The second-order valence-electron chi connectivity index (χ2n) is 7.91. The highest BCUT2D eigenvalue weighted by atomic mass is 16.5. The van der Waals surface area contributed by atoms with Gasteiger partial charge >= 0.3 is 0 Å². The van der Waals surface area contributed by atoms with Gasteiger partial charge in [-0.05, 0) is 55.2 Å². The zero-order valence-corrected chi connectivity index (χ0v) is 17.7. The summed E-state index contributed by atoms with van der Waals surface area (Å²) >= 11 is 0. The number of hydrogen-bond acceptors (Lipinski definition) is 4. The van der Waals surface area contributed by atoms with Gasteiger partial charge in [-0.3, -0.25) is 4.79 Å². The van der Waals surface area contributed by atoms with Crippen LogP contribution in [0.15, 0.2) is 71.1 Å². The zero-order chi connectivity index (χ0) is 21.4. The highest BCUT2D eigenvalue weighted by molar-refractivity contribution is 5.96. The number of aromatic nitrogens is 1. The first kappa shape index (κ1) is 19.4. The van der Waals surface area contributed by atoms with Crippen LogP contribution in [0, 0.1) is 6.92 Å². The van der Waals surface area contributed by atoms with E-state index in [9.17, 15) is 4.79 Å². The van der Waals surface area contributed by atoms with E-state index in [1.807, 2.05) is 78.6 Å². The number of fused-ring (bicyclic) bond motifs is 1. The highest BCUT2D eigenvalue weighted by Crippen LogP contribution is 2.36. The van der Waals surface area contributed by atoms with E-state index in [1.54, 1.807) is 7.11 Å². The first-order valence-electron chi connectivity index (χ1n) is 10.6. The molecule has 1 aliphatic heterocycles. The Morgan fingerprint density at radius 2 is 1.90 bits per heavy atom. The molecule has 0 bridgehead atoms. The Morgan fingerprint density at radius 1 is 1.10 bits per heavy atom. The Morgan fingerprint density at radius 3 is 2.74 bits per heavy atom. The maximum absolute atomic E-state index is 13.2. The Labute approximate surface area is 181 Å². The number of para-hydroxylation sites is 1. The lowest BCUT2D eigenvalue weighted by molar-refractivity contribution is 0.0716. The number of amides is 1. The van der Waals surface area contributed by atoms with E-state index in [4.69, 9.17) is 14.1 Å². The van der Waals surface area contributed by atoms with Crippen LogP contribution in [0.3, 0.4) is 0 Å². The van der Waals surface area contributed by atoms with Crippen LogP contribution >= 0.6 is 0 Å². The van der Waals surface area contributed by atoms with Crippen molar-refractivity contribution in [3.05, 3.63) is 83.7 Å². The fraction of sp³-hybridized carbons (Fsp3) is 0.231. The lowest BCUT2D eigenvalue weighted by atomic mass is 10.0. The van der Waals surface area contributed by atoms with E-state index in [-0.39, 0.29) is 11.9 Å². The number of hydrogen-bond donors (Lipinski definition) is 0. The summed E-state index contributed by atoms with van der Waals surface area (Å²) in [4.78, 5) is 19.9. The van der Waals surface area contributed by atoms with Crippen molar-refractivity contribution >= 4 is 17.0 Å². The molecule has 1 unspecified atom stereocenters. The van der Waals surface area contributed by atoms with Crippen LogP contribution in [0.25, 0.3) is 22.2 Å². The molecule has 0 saturated carbocycles. The molecule has 0 N–H and O–H groups in total. The predicted octanol–water partition coefficient (Wildman–Crippen LogP) is 5.79. The molecular formula is C26H24N2O3. The quantitative estimate of drug-likeness (QED) is 0.426.